The molecule has 0 aliphatic carbocycles. The minimum absolute atomic E-state index is 0.00232. The molecule has 148 valence electrons. The standard InChI is InChI=1S/C20H22ClN3O4/c1-14(28-19-10-5-15(21)13-18(19)24(26)27)20(25)22-16-6-8-17(9-7-16)23-11-3-2-4-12-23/h5-10,13-14H,2-4,11-12H2,1H3,(H,22,25)/t14-/m1/s1. The number of hydrogen-bond donors (Lipinski definition) is 1. The molecule has 1 aliphatic heterocycles. The molecule has 7 nitrogen and oxygen atoms in total. The number of nitrogens with zero attached hydrogens (tertiary/aromatic N) is 2. The van der Waals surface area contributed by atoms with Crippen molar-refractivity contribution in [3.63, 3.8) is 0 Å². The van der Waals surface area contributed by atoms with Crippen LogP contribution < -0.4 is 15.0 Å². The number of rotatable bonds is 6. The van der Waals surface area contributed by atoms with E-state index in [4.69, 9.17) is 16.3 Å². The topological polar surface area (TPSA) is 84.7 Å². The Labute approximate surface area is 168 Å². The highest BCUT2D eigenvalue weighted by molar-refractivity contribution is 6.30. The van der Waals surface area contributed by atoms with Crippen LogP contribution in [-0.2, 0) is 4.79 Å². The summed E-state index contributed by atoms with van der Waals surface area (Å²) in [7, 11) is 0. The second kappa shape index (κ2) is 8.93. The Kier molecular flexibility index (Phi) is 6.36. The number of benzene rings is 2. The van der Waals surface area contributed by atoms with E-state index in [1.54, 1.807) is 0 Å². The molecule has 0 aromatic heterocycles. The van der Waals surface area contributed by atoms with Gasteiger partial charge in [-0.25, -0.2) is 0 Å². The molecule has 0 bridgehead atoms. The van der Waals surface area contributed by atoms with Crippen molar-refractivity contribution in [3.8, 4) is 5.75 Å². The quantitative estimate of drug-likeness (QED) is 0.560. The van der Waals surface area contributed by atoms with Crippen molar-refractivity contribution in [1.29, 1.82) is 0 Å². The number of halogens is 1. The Bertz CT molecular complexity index is 851. The zero-order chi connectivity index (χ0) is 20.1. The van der Waals surface area contributed by atoms with Crippen LogP contribution in [0.15, 0.2) is 42.5 Å². The molecule has 3 rings (SSSR count). The number of carbonyl (C=O) groups excluding carboxylic acids is 1. The first-order valence-corrected chi connectivity index (χ1v) is 9.58. The summed E-state index contributed by atoms with van der Waals surface area (Å²) in [5.41, 5.74) is 1.50. The van der Waals surface area contributed by atoms with E-state index >= 15 is 0 Å². The Hall–Kier alpha value is -2.80. The molecule has 1 N–H and O–H groups in total. The van der Waals surface area contributed by atoms with Crippen LogP contribution in [0, 0.1) is 10.1 Å². The third-order valence-electron chi connectivity index (χ3n) is 4.65. The van der Waals surface area contributed by atoms with Crippen molar-refractivity contribution in [2.75, 3.05) is 23.3 Å². The molecule has 1 heterocycles. The van der Waals surface area contributed by atoms with Crippen LogP contribution in [0.3, 0.4) is 0 Å². The first-order chi connectivity index (χ1) is 13.4. The van der Waals surface area contributed by atoms with Crippen LogP contribution in [-0.4, -0.2) is 30.0 Å². The summed E-state index contributed by atoms with van der Waals surface area (Å²) in [6, 6.07) is 11.7. The molecule has 1 fully saturated rings. The number of piperidine rings is 1. The van der Waals surface area contributed by atoms with Gasteiger partial charge in [0, 0.05) is 35.6 Å². The van der Waals surface area contributed by atoms with Gasteiger partial charge in [0.25, 0.3) is 5.91 Å². The lowest BCUT2D eigenvalue weighted by molar-refractivity contribution is -0.386. The van der Waals surface area contributed by atoms with Gasteiger partial charge in [-0.2, -0.15) is 0 Å². The van der Waals surface area contributed by atoms with Crippen molar-refractivity contribution in [1.82, 2.24) is 0 Å². The molecule has 0 radical (unpaired) electrons. The van der Waals surface area contributed by atoms with Gasteiger partial charge in [-0.3, -0.25) is 14.9 Å². The molecule has 1 saturated heterocycles. The lowest BCUT2D eigenvalue weighted by atomic mass is 10.1. The van der Waals surface area contributed by atoms with Gasteiger partial charge in [0.15, 0.2) is 11.9 Å². The highest BCUT2D eigenvalue weighted by Gasteiger charge is 2.22. The van der Waals surface area contributed by atoms with E-state index in [1.165, 1.54) is 44.4 Å². The van der Waals surface area contributed by atoms with E-state index < -0.39 is 16.9 Å². The van der Waals surface area contributed by atoms with E-state index in [-0.39, 0.29) is 16.5 Å². The average molecular weight is 404 g/mol. The summed E-state index contributed by atoms with van der Waals surface area (Å²) in [4.78, 5) is 25.3. The fourth-order valence-electron chi connectivity index (χ4n) is 3.13. The summed E-state index contributed by atoms with van der Waals surface area (Å²) >= 11 is 5.79. The zero-order valence-electron chi connectivity index (χ0n) is 15.6. The van der Waals surface area contributed by atoms with Gasteiger partial charge in [0.05, 0.1) is 4.92 Å². The number of nitro benzene ring substituents is 1. The zero-order valence-corrected chi connectivity index (χ0v) is 16.3. The van der Waals surface area contributed by atoms with Gasteiger partial charge in [0.2, 0.25) is 0 Å². The predicted octanol–water partition coefficient (Wildman–Crippen LogP) is 4.64. The molecule has 28 heavy (non-hydrogen) atoms. The Balaban J connectivity index is 1.62. The molecule has 0 saturated carbocycles. The van der Waals surface area contributed by atoms with Gasteiger partial charge in [-0.1, -0.05) is 11.6 Å². The number of nitrogens with one attached hydrogen (secondary N) is 1. The number of carbonyl (C=O) groups is 1. The summed E-state index contributed by atoms with van der Waals surface area (Å²) in [6.07, 6.45) is 2.75. The Morgan fingerprint density at radius 3 is 2.50 bits per heavy atom. The van der Waals surface area contributed by atoms with Crippen LogP contribution in [0.2, 0.25) is 5.02 Å². The monoisotopic (exact) mass is 403 g/mol. The maximum atomic E-state index is 12.4. The van der Waals surface area contributed by atoms with Crippen LogP contribution in [0.5, 0.6) is 5.75 Å². The summed E-state index contributed by atoms with van der Waals surface area (Å²) in [5, 5.41) is 14.1. The first kappa shape index (κ1) is 19.9. The normalized spacial score (nSPS) is 15.0. The van der Waals surface area contributed by atoms with Crippen molar-refractivity contribution < 1.29 is 14.5 Å². The van der Waals surface area contributed by atoms with Crippen molar-refractivity contribution in [2.45, 2.75) is 32.3 Å². The van der Waals surface area contributed by atoms with Gasteiger partial charge in [0.1, 0.15) is 0 Å². The second-order valence-corrected chi connectivity index (χ2v) is 7.15. The number of anilines is 2. The molecule has 1 atom stereocenters. The highest BCUT2D eigenvalue weighted by Crippen LogP contribution is 2.31. The Morgan fingerprint density at radius 2 is 1.86 bits per heavy atom. The number of ether oxygens (including phenoxy) is 1. The molecule has 2 aromatic rings. The molecule has 0 spiro atoms. The number of amides is 1. The first-order valence-electron chi connectivity index (χ1n) is 9.20. The van der Waals surface area contributed by atoms with E-state index in [9.17, 15) is 14.9 Å². The number of nitro groups is 1. The molecular weight excluding hydrogens is 382 g/mol. The highest BCUT2D eigenvalue weighted by atomic mass is 35.5. The third-order valence-corrected chi connectivity index (χ3v) is 4.88. The van der Waals surface area contributed by atoms with Crippen molar-refractivity contribution in [3.05, 3.63) is 57.6 Å². The molecule has 1 aliphatic rings. The van der Waals surface area contributed by atoms with Gasteiger partial charge in [-0.05, 0) is 62.6 Å². The molecule has 1 amide bonds. The number of hydrogen-bond acceptors (Lipinski definition) is 5. The maximum absolute atomic E-state index is 12.4. The lowest BCUT2D eigenvalue weighted by Crippen LogP contribution is -2.30. The summed E-state index contributed by atoms with van der Waals surface area (Å²) in [6.45, 7) is 3.64. The third kappa shape index (κ3) is 4.92. The van der Waals surface area contributed by atoms with Crippen molar-refractivity contribution in [2.24, 2.45) is 0 Å². The van der Waals surface area contributed by atoms with Crippen LogP contribution in [0.4, 0.5) is 17.1 Å². The summed E-state index contributed by atoms with van der Waals surface area (Å²) < 4.78 is 5.49. The smallest absolute Gasteiger partial charge is 0.312 e. The average Bonchev–Trinajstić information content (AvgIpc) is 2.70. The fraction of sp³-hybridized carbons (Fsp3) is 0.350. The SMILES string of the molecule is C[C@@H](Oc1ccc(Cl)cc1[N+](=O)[O-])C(=O)Nc1ccc(N2CCCCC2)cc1. The molecular formula is C20H22ClN3O4. The van der Waals surface area contributed by atoms with E-state index in [1.807, 2.05) is 24.3 Å². The van der Waals surface area contributed by atoms with Gasteiger partial charge >= 0.3 is 5.69 Å². The van der Waals surface area contributed by atoms with E-state index in [0.717, 1.165) is 18.8 Å². The van der Waals surface area contributed by atoms with Crippen LogP contribution in [0.1, 0.15) is 26.2 Å². The second-order valence-electron chi connectivity index (χ2n) is 6.71. The van der Waals surface area contributed by atoms with Crippen LogP contribution >= 0.6 is 11.6 Å². The van der Waals surface area contributed by atoms with E-state index in [2.05, 4.69) is 10.2 Å². The maximum Gasteiger partial charge on any atom is 0.312 e. The minimum Gasteiger partial charge on any atom is -0.474 e. The lowest BCUT2D eigenvalue weighted by Gasteiger charge is -2.28. The fourth-order valence-corrected chi connectivity index (χ4v) is 3.29. The van der Waals surface area contributed by atoms with Gasteiger partial charge < -0.3 is 15.0 Å². The molecule has 2 aromatic carbocycles. The Morgan fingerprint density at radius 1 is 1.18 bits per heavy atom. The largest absolute Gasteiger partial charge is 0.474 e. The van der Waals surface area contributed by atoms with Crippen molar-refractivity contribution >= 4 is 34.6 Å². The van der Waals surface area contributed by atoms with Crippen LogP contribution in [0.25, 0.3) is 0 Å². The molecule has 8 heteroatoms. The molecule has 0 unspecified atom stereocenters. The van der Waals surface area contributed by atoms with Gasteiger partial charge in [-0.15, -0.1) is 0 Å². The van der Waals surface area contributed by atoms with E-state index in [0.29, 0.717) is 5.69 Å². The summed E-state index contributed by atoms with van der Waals surface area (Å²) in [5.74, 6) is -0.396. The predicted molar refractivity (Wildman–Crippen MR) is 109 cm³/mol. The minimum atomic E-state index is -0.915.